The second-order valence-corrected chi connectivity index (χ2v) is 6.53. The number of likely N-dealkylation sites (tertiary alicyclic amines) is 1. The van der Waals surface area contributed by atoms with Crippen molar-refractivity contribution < 1.29 is 9.59 Å². The molecule has 2 N–H and O–H groups in total. The number of nitrogens with one attached hydrogen (secondary N) is 2. The van der Waals surface area contributed by atoms with E-state index in [-0.39, 0.29) is 18.5 Å². The molecule has 1 fully saturated rings. The van der Waals surface area contributed by atoms with Crippen LogP contribution in [0.25, 0.3) is 0 Å². The maximum Gasteiger partial charge on any atom is 0.315 e. The Morgan fingerprint density at radius 3 is 2.79 bits per heavy atom. The van der Waals surface area contributed by atoms with Gasteiger partial charge in [0.1, 0.15) is 0 Å². The summed E-state index contributed by atoms with van der Waals surface area (Å²) >= 11 is 0. The second kappa shape index (κ2) is 7.99. The molecule has 1 unspecified atom stereocenters. The van der Waals surface area contributed by atoms with Crippen molar-refractivity contribution in [1.82, 2.24) is 15.5 Å². The zero-order valence-corrected chi connectivity index (χ0v) is 14.0. The van der Waals surface area contributed by atoms with Crippen LogP contribution in [-0.4, -0.2) is 36.5 Å². The van der Waals surface area contributed by atoms with Gasteiger partial charge in [-0.2, -0.15) is 0 Å². The van der Waals surface area contributed by atoms with Crippen LogP contribution in [0.1, 0.15) is 31.2 Å². The van der Waals surface area contributed by atoms with Gasteiger partial charge in [0.25, 0.3) is 0 Å². The molecule has 0 saturated carbocycles. The smallest absolute Gasteiger partial charge is 0.315 e. The number of nitrogens with zero attached hydrogens (tertiary/aromatic N) is 1. The highest BCUT2D eigenvalue weighted by atomic mass is 16.2. The molecule has 0 aromatic heterocycles. The molecule has 24 heavy (non-hydrogen) atoms. The first kappa shape index (κ1) is 16.6. The lowest BCUT2D eigenvalue weighted by Gasteiger charge is -2.36. The molecule has 3 amide bonds. The number of allylic oxidation sites excluding steroid dienone is 1. The van der Waals surface area contributed by atoms with E-state index < -0.39 is 0 Å². The number of fused-ring (bicyclic) bond motifs is 1. The van der Waals surface area contributed by atoms with E-state index in [1.54, 1.807) is 0 Å². The van der Waals surface area contributed by atoms with Gasteiger partial charge in [-0.25, -0.2) is 4.79 Å². The van der Waals surface area contributed by atoms with Crippen LogP contribution in [0, 0.1) is 5.92 Å². The molecule has 1 heterocycles. The quantitative estimate of drug-likeness (QED) is 0.835. The highest BCUT2D eigenvalue weighted by Crippen LogP contribution is 2.31. The molecule has 0 radical (unpaired) electrons. The SMILES string of the molecule is O=C(NCC(=O)N1CCC2CCCC=C2C1)NCc1ccccc1. The van der Waals surface area contributed by atoms with Gasteiger partial charge in [-0.05, 0) is 37.2 Å². The van der Waals surface area contributed by atoms with Gasteiger partial charge in [0.15, 0.2) is 0 Å². The zero-order chi connectivity index (χ0) is 16.8. The van der Waals surface area contributed by atoms with Crippen molar-refractivity contribution in [1.29, 1.82) is 0 Å². The van der Waals surface area contributed by atoms with Crippen molar-refractivity contribution in [2.24, 2.45) is 5.92 Å². The summed E-state index contributed by atoms with van der Waals surface area (Å²) in [5.41, 5.74) is 2.44. The normalized spacial score (nSPS) is 19.9. The Labute approximate surface area is 143 Å². The van der Waals surface area contributed by atoms with Gasteiger partial charge in [0.2, 0.25) is 5.91 Å². The van der Waals surface area contributed by atoms with Crippen LogP contribution in [0.5, 0.6) is 0 Å². The summed E-state index contributed by atoms with van der Waals surface area (Å²) in [6, 6.07) is 9.40. The van der Waals surface area contributed by atoms with Crippen LogP contribution in [-0.2, 0) is 11.3 Å². The Kier molecular flexibility index (Phi) is 5.51. The predicted octanol–water partition coefficient (Wildman–Crippen LogP) is 2.44. The molecule has 3 rings (SSSR count). The van der Waals surface area contributed by atoms with Gasteiger partial charge < -0.3 is 15.5 Å². The van der Waals surface area contributed by atoms with Crippen molar-refractivity contribution in [3.05, 3.63) is 47.5 Å². The fourth-order valence-electron chi connectivity index (χ4n) is 3.46. The molecule has 5 nitrogen and oxygen atoms in total. The summed E-state index contributed by atoms with van der Waals surface area (Å²) in [7, 11) is 0. The molecular weight excluding hydrogens is 302 g/mol. The van der Waals surface area contributed by atoms with E-state index in [2.05, 4.69) is 16.7 Å². The summed E-state index contributed by atoms with van der Waals surface area (Å²) in [5.74, 6) is 0.666. The lowest BCUT2D eigenvalue weighted by atomic mass is 9.82. The molecule has 2 aliphatic rings. The number of benzene rings is 1. The van der Waals surface area contributed by atoms with Gasteiger partial charge in [0, 0.05) is 19.6 Å². The van der Waals surface area contributed by atoms with Crippen LogP contribution in [0.15, 0.2) is 42.0 Å². The van der Waals surface area contributed by atoms with Gasteiger partial charge in [-0.15, -0.1) is 0 Å². The minimum Gasteiger partial charge on any atom is -0.337 e. The van der Waals surface area contributed by atoms with Gasteiger partial charge in [-0.1, -0.05) is 42.0 Å². The Bertz CT molecular complexity index is 612. The van der Waals surface area contributed by atoms with Crippen LogP contribution in [0.3, 0.4) is 0 Å². The number of piperidine rings is 1. The fourth-order valence-corrected chi connectivity index (χ4v) is 3.46. The van der Waals surface area contributed by atoms with Crippen LogP contribution in [0.2, 0.25) is 0 Å². The summed E-state index contributed by atoms with van der Waals surface area (Å²) < 4.78 is 0. The Balaban J connectivity index is 1.40. The highest BCUT2D eigenvalue weighted by Gasteiger charge is 2.27. The molecule has 0 bridgehead atoms. The third kappa shape index (κ3) is 4.37. The Morgan fingerprint density at radius 1 is 1.12 bits per heavy atom. The van der Waals surface area contributed by atoms with Crippen molar-refractivity contribution in [3.8, 4) is 0 Å². The summed E-state index contributed by atoms with van der Waals surface area (Å²) in [6.07, 6.45) is 7.01. The summed E-state index contributed by atoms with van der Waals surface area (Å²) in [4.78, 5) is 26.0. The predicted molar refractivity (Wildman–Crippen MR) is 93.3 cm³/mol. The molecule has 128 valence electrons. The standard InChI is InChI=1S/C19H25N3O2/c23-18(22-11-10-16-8-4-5-9-17(16)14-22)13-21-19(24)20-12-15-6-2-1-3-7-15/h1-3,6-7,9,16H,4-5,8,10-14H2,(H2,20,21,24). The molecule has 0 spiro atoms. The molecule has 1 atom stereocenters. The fraction of sp³-hybridized carbons (Fsp3) is 0.474. The van der Waals surface area contributed by atoms with Gasteiger partial charge in [0.05, 0.1) is 6.54 Å². The second-order valence-electron chi connectivity index (χ2n) is 6.53. The third-order valence-corrected chi connectivity index (χ3v) is 4.86. The van der Waals surface area contributed by atoms with Gasteiger partial charge >= 0.3 is 6.03 Å². The lowest BCUT2D eigenvalue weighted by Crippen LogP contribution is -2.47. The van der Waals surface area contributed by atoms with Crippen molar-refractivity contribution in [2.75, 3.05) is 19.6 Å². The number of hydrogen-bond acceptors (Lipinski definition) is 2. The molecular formula is C19H25N3O2. The van der Waals surface area contributed by atoms with E-state index in [1.165, 1.54) is 18.4 Å². The first-order chi connectivity index (χ1) is 11.7. The number of amides is 3. The lowest BCUT2D eigenvalue weighted by molar-refractivity contribution is -0.130. The number of carbonyl (C=O) groups excluding carboxylic acids is 2. The molecule has 1 saturated heterocycles. The third-order valence-electron chi connectivity index (χ3n) is 4.86. The largest absolute Gasteiger partial charge is 0.337 e. The van der Waals surface area contributed by atoms with Crippen molar-refractivity contribution in [2.45, 2.75) is 32.2 Å². The van der Waals surface area contributed by atoms with Crippen molar-refractivity contribution >= 4 is 11.9 Å². The van der Waals surface area contributed by atoms with Crippen LogP contribution in [0.4, 0.5) is 4.79 Å². The molecule has 1 aliphatic heterocycles. The average molecular weight is 327 g/mol. The Morgan fingerprint density at radius 2 is 1.96 bits per heavy atom. The molecule has 1 aliphatic carbocycles. The van der Waals surface area contributed by atoms with E-state index in [0.717, 1.165) is 31.5 Å². The minimum absolute atomic E-state index is 0.00483. The van der Waals surface area contributed by atoms with E-state index in [9.17, 15) is 9.59 Å². The van der Waals surface area contributed by atoms with E-state index in [0.29, 0.717) is 12.5 Å². The molecule has 1 aromatic carbocycles. The maximum atomic E-state index is 12.3. The van der Waals surface area contributed by atoms with E-state index in [4.69, 9.17) is 0 Å². The van der Waals surface area contributed by atoms with Crippen molar-refractivity contribution in [3.63, 3.8) is 0 Å². The average Bonchev–Trinajstić information content (AvgIpc) is 2.65. The topological polar surface area (TPSA) is 61.4 Å². The highest BCUT2D eigenvalue weighted by molar-refractivity contribution is 5.84. The zero-order valence-electron chi connectivity index (χ0n) is 14.0. The number of rotatable bonds is 4. The summed E-state index contributed by atoms with van der Waals surface area (Å²) in [6.45, 7) is 2.04. The summed E-state index contributed by atoms with van der Waals surface area (Å²) in [5, 5.41) is 5.43. The van der Waals surface area contributed by atoms with Crippen LogP contribution < -0.4 is 10.6 Å². The van der Waals surface area contributed by atoms with Gasteiger partial charge in [-0.3, -0.25) is 4.79 Å². The molecule has 5 heteroatoms. The number of urea groups is 1. The maximum absolute atomic E-state index is 12.3. The monoisotopic (exact) mass is 327 g/mol. The first-order valence-electron chi connectivity index (χ1n) is 8.74. The minimum atomic E-state index is -0.307. The Hall–Kier alpha value is -2.30. The first-order valence-corrected chi connectivity index (χ1v) is 8.74. The van der Waals surface area contributed by atoms with Crippen LogP contribution >= 0.6 is 0 Å². The number of hydrogen-bond donors (Lipinski definition) is 2. The number of carbonyl (C=O) groups is 2. The van der Waals surface area contributed by atoms with E-state index >= 15 is 0 Å². The van der Waals surface area contributed by atoms with E-state index in [1.807, 2.05) is 35.2 Å². The molecule has 1 aromatic rings.